The van der Waals surface area contributed by atoms with Crippen LogP contribution in [-0.2, 0) is 16.1 Å². The zero-order valence-electron chi connectivity index (χ0n) is 12.6. The lowest BCUT2D eigenvalue weighted by molar-refractivity contribution is -0.147. The molecule has 2 atom stereocenters. The van der Waals surface area contributed by atoms with Crippen LogP contribution in [0.1, 0.15) is 24.8 Å². The molecule has 1 saturated heterocycles. The van der Waals surface area contributed by atoms with Crippen LogP contribution in [0.2, 0.25) is 0 Å². The van der Waals surface area contributed by atoms with Crippen molar-refractivity contribution in [3.8, 4) is 0 Å². The molecule has 21 heavy (non-hydrogen) atoms. The molecular weight excluding hydrogens is 264 g/mol. The van der Waals surface area contributed by atoms with Crippen molar-refractivity contribution in [3.63, 3.8) is 0 Å². The lowest BCUT2D eigenvalue weighted by atomic mass is 9.94. The Morgan fingerprint density at radius 1 is 1.29 bits per heavy atom. The summed E-state index contributed by atoms with van der Waals surface area (Å²) >= 11 is 0. The standard InChI is InChI=1S/C17H24N2O2/c1-21-17(20)14-9-15(12-19(11-14)16-7-8-16)18-10-13-5-3-2-4-6-13/h2-6,14-16,18H,7-12H2,1H3. The van der Waals surface area contributed by atoms with E-state index in [1.54, 1.807) is 0 Å². The summed E-state index contributed by atoms with van der Waals surface area (Å²) in [6.07, 6.45) is 3.43. The summed E-state index contributed by atoms with van der Waals surface area (Å²) in [6.45, 7) is 2.77. The van der Waals surface area contributed by atoms with Crippen LogP contribution in [0.25, 0.3) is 0 Å². The molecule has 0 aromatic heterocycles. The van der Waals surface area contributed by atoms with E-state index in [0.717, 1.165) is 26.1 Å². The Balaban J connectivity index is 1.59. The van der Waals surface area contributed by atoms with Crippen LogP contribution in [0.3, 0.4) is 0 Å². The zero-order valence-corrected chi connectivity index (χ0v) is 12.6. The first-order valence-corrected chi connectivity index (χ1v) is 7.85. The van der Waals surface area contributed by atoms with Crippen molar-refractivity contribution in [1.82, 2.24) is 10.2 Å². The van der Waals surface area contributed by atoms with Crippen LogP contribution >= 0.6 is 0 Å². The maximum atomic E-state index is 11.9. The highest BCUT2D eigenvalue weighted by Gasteiger charge is 2.38. The summed E-state index contributed by atoms with van der Waals surface area (Å²) in [5.74, 6) is -0.0514. The Labute approximate surface area is 126 Å². The van der Waals surface area contributed by atoms with Gasteiger partial charge in [-0.1, -0.05) is 30.3 Å². The van der Waals surface area contributed by atoms with Crippen molar-refractivity contribution in [3.05, 3.63) is 35.9 Å². The zero-order chi connectivity index (χ0) is 14.7. The number of benzene rings is 1. The number of nitrogens with zero attached hydrogens (tertiary/aromatic N) is 1. The van der Waals surface area contributed by atoms with Gasteiger partial charge in [0.15, 0.2) is 0 Å². The molecule has 0 bridgehead atoms. The van der Waals surface area contributed by atoms with E-state index in [9.17, 15) is 4.79 Å². The molecule has 2 fully saturated rings. The number of carbonyl (C=O) groups is 1. The molecule has 0 spiro atoms. The van der Waals surface area contributed by atoms with Crippen LogP contribution in [0.5, 0.6) is 0 Å². The number of esters is 1. The Morgan fingerprint density at radius 3 is 2.71 bits per heavy atom. The maximum Gasteiger partial charge on any atom is 0.310 e. The van der Waals surface area contributed by atoms with Gasteiger partial charge in [-0.3, -0.25) is 9.69 Å². The molecule has 1 aliphatic carbocycles. The fourth-order valence-electron chi connectivity index (χ4n) is 3.21. The summed E-state index contributed by atoms with van der Waals surface area (Å²) in [4.78, 5) is 14.4. The van der Waals surface area contributed by atoms with Gasteiger partial charge in [-0.15, -0.1) is 0 Å². The summed E-state index contributed by atoms with van der Waals surface area (Å²) in [5, 5.41) is 3.61. The first kappa shape index (κ1) is 14.5. The quantitative estimate of drug-likeness (QED) is 0.839. The molecule has 2 aliphatic rings. The lowest BCUT2D eigenvalue weighted by Crippen LogP contribution is -2.51. The molecule has 114 valence electrons. The minimum Gasteiger partial charge on any atom is -0.469 e. The van der Waals surface area contributed by atoms with Gasteiger partial charge in [0.25, 0.3) is 0 Å². The van der Waals surface area contributed by atoms with Crippen molar-refractivity contribution in [2.75, 3.05) is 20.2 Å². The fourth-order valence-corrected chi connectivity index (χ4v) is 3.21. The third-order valence-corrected chi connectivity index (χ3v) is 4.51. The van der Waals surface area contributed by atoms with E-state index >= 15 is 0 Å². The summed E-state index contributed by atoms with van der Waals surface area (Å²) < 4.78 is 4.96. The number of piperidine rings is 1. The molecule has 1 N–H and O–H groups in total. The molecule has 1 aliphatic heterocycles. The predicted molar refractivity (Wildman–Crippen MR) is 81.8 cm³/mol. The van der Waals surface area contributed by atoms with Crippen LogP contribution in [-0.4, -0.2) is 43.2 Å². The van der Waals surface area contributed by atoms with E-state index < -0.39 is 0 Å². The Kier molecular flexibility index (Phi) is 4.56. The molecule has 1 aromatic rings. The highest BCUT2D eigenvalue weighted by atomic mass is 16.5. The van der Waals surface area contributed by atoms with Crippen LogP contribution in [0, 0.1) is 5.92 Å². The van der Waals surface area contributed by atoms with E-state index in [1.807, 2.05) is 6.07 Å². The third kappa shape index (κ3) is 3.83. The lowest BCUT2D eigenvalue weighted by Gasteiger charge is -2.37. The number of likely N-dealkylation sites (tertiary alicyclic amines) is 1. The second-order valence-corrected chi connectivity index (χ2v) is 6.20. The highest BCUT2D eigenvalue weighted by Crippen LogP contribution is 2.31. The second-order valence-electron chi connectivity index (χ2n) is 6.20. The normalized spacial score (nSPS) is 26.5. The molecule has 2 unspecified atom stereocenters. The van der Waals surface area contributed by atoms with Gasteiger partial charge in [-0.05, 0) is 24.8 Å². The number of ether oxygens (including phenoxy) is 1. The van der Waals surface area contributed by atoms with E-state index in [0.29, 0.717) is 12.1 Å². The van der Waals surface area contributed by atoms with E-state index in [1.165, 1.54) is 25.5 Å². The topological polar surface area (TPSA) is 41.6 Å². The molecule has 4 heteroatoms. The van der Waals surface area contributed by atoms with Crippen LogP contribution in [0.15, 0.2) is 30.3 Å². The average molecular weight is 288 g/mol. The Bertz CT molecular complexity index is 473. The molecular formula is C17H24N2O2. The molecule has 4 nitrogen and oxygen atoms in total. The van der Waals surface area contributed by atoms with Gasteiger partial charge in [-0.25, -0.2) is 0 Å². The van der Waals surface area contributed by atoms with Gasteiger partial charge in [-0.2, -0.15) is 0 Å². The largest absolute Gasteiger partial charge is 0.469 e. The third-order valence-electron chi connectivity index (χ3n) is 4.51. The van der Waals surface area contributed by atoms with Gasteiger partial charge < -0.3 is 10.1 Å². The maximum absolute atomic E-state index is 11.9. The van der Waals surface area contributed by atoms with E-state index in [-0.39, 0.29) is 11.9 Å². The minimum absolute atomic E-state index is 0.0117. The molecule has 1 aromatic carbocycles. The van der Waals surface area contributed by atoms with Crippen LogP contribution in [0.4, 0.5) is 0 Å². The smallest absolute Gasteiger partial charge is 0.310 e. The number of hydrogen-bond donors (Lipinski definition) is 1. The van der Waals surface area contributed by atoms with Crippen molar-refractivity contribution in [2.45, 2.75) is 37.9 Å². The summed E-state index contributed by atoms with van der Waals surface area (Å²) in [7, 11) is 1.49. The first-order chi connectivity index (χ1) is 10.3. The number of nitrogens with one attached hydrogen (secondary N) is 1. The monoisotopic (exact) mass is 288 g/mol. The van der Waals surface area contributed by atoms with Gasteiger partial charge >= 0.3 is 5.97 Å². The van der Waals surface area contributed by atoms with Crippen molar-refractivity contribution < 1.29 is 9.53 Å². The van der Waals surface area contributed by atoms with Gasteiger partial charge in [0, 0.05) is 31.7 Å². The minimum atomic E-state index is -0.0631. The fraction of sp³-hybridized carbons (Fsp3) is 0.588. The number of hydrogen-bond acceptors (Lipinski definition) is 4. The predicted octanol–water partition coefficient (Wildman–Crippen LogP) is 1.80. The second kappa shape index (κ2) is 6.58. The van der Waals surface area contributed by atoms with E-state index in [2.05, 4.69) is 34.5 Å². The molecule has 3 rings (SSSR count). The molecule has 1 heterocycles. The Morgan fingerprint density at radius 2 is 2.05 bits per heavy atom. The summed E-state index contributed by atoms with van der Waals surface area (Å²) in [6, 6.07) is 11.5. The highest BCUT2D eigenvalue weighted by molar-refractivity contribution is 5.72. The molecule has 1 saturated carbocycles. The summed E-state index contributed by atoms with van der Waals surface area (Å²) in [5.41, 5.74) is 1.29. The van der Waals surface area contributed by atoms with Gasteiger partial charge in [0.2, 0.25) is 0 Å². The Hall–Kier alpha value is -1.39. The van der Waals surface area contributed by atoms with Crippen molar-refractivity contribution in [2.24, 2.45) is 5.92 Å². The number of rotatable bonds is 5. The number of methoxy groups -OCH3 is 1. The SMILES string of the molecule is COC(=O)C1CC(NCc2ccccc2)CN(C2CC2)C1. The first-order valence-electron chi connectivity index (χ1n) is 7.85. The van der Waals surface area contributed by atoms with Crippen LogP contribution < -0.4 is 5.32 Å². The molecule has 0 amide bonds. The van der Waals surface area contributed by atoms with Gasteiger partial charge in [0.1, 0.15) is 0 Å². The van der Waals surface area contributed by atoms with Crippen molar-refractivity contribution in [1.29, 1.82) is 0 Å². The van der Waals surface area contributed by atoms with Gasteiger partial charge in [0.05, 0.1) is 13.0 Å². The molecule has 0 radical (unpaired) electrons. The van der Waals surface area contributed by atoms with E-state index in [4.69, 9.17) is 4.74 Å². The number of carbonyl (C=O) groups excluding carboxylic acids is 1. The average Bonchev–Trinajstić information content (AvgIpc) is 3.38. The van der Waals surface area contributed by atoms with Crippen molar-refractivity contribution >= 4 is 5.97 Å².